The maximum atomic E-state index is 13.2. The molecule has 32 heavy (non-hydrogen) atoms. The van der Waals surface area contributed by atoms with E-state index in [-0.39, 0.29) is 5.97 Å². The van der Waals surface area contributed by atoms with Gasteiger partial charge >= 0.3 is 11.9 Å². The quantitative estimate of drug-likeness (QED) is 0.428. The molecule has 2 aliphatic rings. The van der Waals surface area contributed by atoms with Crippen LogP contribution in [-0.2, 0) is 27.9 Å². The van der Waals surface area contributed by atoms with E-state index in [1.54, 1.807) is 0 Å². The van der Waals surface area contributed by atoms with Gasteiger partial charge in [-0.25, -0.2) is 9.59 Å². The molecule has 3 aromatic carbocycles. The highest BCUT2D eigenvalue weighted by molar-refractivity contribution is 6.07. The van der Waals surface area contributed by atoms with E-state index in [0.717, 1.165) is 41.5 Å². The molecule has 0 aromatic heterocycles. The number of fused-ring (bicyclic) bond motifs is 3. The summed E-state index contributed by atoms with van der Waals surface area (Å²) < 4.78 is 11.1. The second kappa shape index (κ2) is 7.69. The number of hydrogen-bond acceptors (Lipinski definition) is 4. The number of cyclic esters (lactones) is 1. The van der Waals surface area contributed by atoms with Crippen LogP contribution in [0, 0.1) is 11.8 Å². The van der Waals surface area contributed by atoms with Crippen LogP contribution < -0.4 is 0 Å². The summed E-state index contributed by atoms with van der Waals surface area (Å²) >= 11 is 0. The van der Waals surface area contributed by atoms with Crippen molar-refractivity contribution in [3.63, 3.8) is 0 Å². The van der Waals surface area contributed by atoms with Gasteiger partial charge in [0.25, 0.3) is 0 Å². The van der Waals surface area contributed by atoms with E-state index in [4.69, 9.17) is 9.47 Å². The van der Waals surface area contributed by atoms with Gasteiger partial charge in [-0.3, -0.25) is 0 Å². The van der Waals surface area contributed by atoms with Gasteiger partial charge in [0, 0.05) is 16.7 Å². The molecule has 0 saturated carbocycles. The molecule has 158 valence electrons. The summed E-state index contributed by atoms with van der Waals surface area (Å²) in [4.78, 5) is 26.2. The first-order chi connectivity index (χ1) is 15.5. The van der Waals surface area contributed by atoms with Gasteiger partial charge in [0.15, 0.2) is 5.60 Å². The standard InChI is InChI=1S/C28H22O4/c1-28(17-16-18-10-5-3-6-11-18)25-22(19-12-7-4-8-13-19)23(26(29)31-2)20-14-9-15-21(20)24(25)27(30)32-28/h3-8,10-13H,9,14-15H2,1-2H3/t28-/m1/s1. The van der Waals surface area contributed by atoms with Crippen molar-refractivity contribution in [1.29, 1.82) is 0 Å². The third kappa shape index (κ3) is 3.09. The summed E-state index contributed by atoms with van der Waals surface area (Å²) in [5, 5.41) is 0. The normalized spacial score (nSPS) is 18.2. The van der Waals surface area contributed by atoms with Gasteiger partial charge in [-0.05, 0) is 60.9 Å². The number of carbonyl (C=O) groups is 2. The fraction of sp³-hybridized carbons (Fsp3) is 0.214. The van der Waals surface area contributed by atoms with Crippen molar-refractivity contribution in [3.8, 4) is 23.0 Å². The topological polar surface area (TPSA) is 52.6 Å². The van der Waals surface area contributed by atoms with E-state index in [0.29, 0.717) is 22.3 Å². The average molecular weight is 422 g/mol. The number of carbonyl (C=O) groups excluding carboxylic acids is 2. The molecule has 0 bridgehead atoms. The zero-order chi connectivity index (χ0) is 22.3. The number of benzene rings is 3. The summed E-state index contributed by atoms with van der Waals surface area (Å²) in [6, 6.07) is 19.2. The van der Waals surface area contributed by atoms with Crippen molar-refractivity contribution in [3.05, 3.63) is 94.0 Å². The molecule has 3 aromatic rings. The molecule has 0 N–H and O–H groups in total. The van der Waals surface area contributed by atoms with Crippen LogP contribution in [0.4, 0.5) is 0 Å². The first kappa shape index (κ1) is 20.1. The van der Waals surface area contributed by atoms with E-state index < -0.39 is 11.6 Å². The van der Waals surface area contributed by atoms with Crippen molar-refractivity contribution in [1.82, 2.24) is 0 Å². The molecule has 1 heterocycles. The highest BCUT2D eigenvalue weighted by Crippen LogP contribution is 2.49. The van der Waals surface area contributed by atoms with Gasteiger partial charge in [0.2, 0.25) is 0 Å². The van der Waals surface area contributed by atoms with Crippen LogP contribution in [0.1, 0.15) is 56.3 Å². The fourth-order valence-corrected chi connectivity index (χ4v) is 4.86. The van der Waals surface area contributed by atoms with Crippen molar-refractivity contribution in [2.24, 2.45) is 0 Å². The first-order valence-electron chi connectivity index (χ1n) is 10.7. The highest BCUT2D eigenvalue weighted by Gasteiger charge is 2.47. The lowest BCUT2D eigenvalue weighted by Gasteiger charge is -2.23. The van der Waals surface area contributed by atoms with Crippen LogP contribution in [-0.4, -0.2) is 19.0 Å². The van der Waals surface area contributed by atoms with Crippen LogP contribution in [0.5, 0.6) is 0 Å². The van der Waals surface area contributed by atoms with Crippen molar-refractivity contribution < 1.29 is 19.1 Å². The third-order valence-electron chi connectivity index (χ3n) is 6.22. The van der Waals surface area contributed by atoms with Crippen LogP contribution in [0.2, 0.25) is 0 Å². The second-order valence-electron chi connectivity index (χ2n) is 8.21. The molecule has 1 atom stereocenters. The zero-order valence-electron chi connectivity index (χ0n) is 18.0. The largest absolute Gasteiger partial charge is 0.465 e. The summed E-state index contributed by atoms with van der Waals surface area (Å²) in [6.45, 7) is 1.81. The lowest BCUT2D eigenvalue weighted by molar-refractivity contribution is 0.0241. The molecule has 0 amide bonds. The van der Waals surface area contributed by atoms with E-state index >= 15 is 0 Å². The minimum atomic E-state index is -1.19. The third-order valence-corrected chi connectivity index (χ3v) is 6.22. The molecule has 0 fully saturated rings. The Kier molecular flexibility index (Phi) is 4.83. The van der Waals surface area contributed by atoms with Gasteiger partial charge in [0.1, 0.15) is 0 Å². The van der Waals surface area contributed by atoms with E-state index in [1.807, 2.05) is 67.6 Å². The maximum Gasteiger partial charge on any atom is 0.340 e. The van der Waals surface area contributed by atoms with Crippen molar-refractivity contribution in [2.45, 2.75) is 31.8 Å². The Morgan fingerprint density at radius 3 is 2.31 bits per heavy atom. The van der Waals surface area contributed by atoms with Crippen LogP contribution in [0.15, 0.2) is 60.7 Å². The molecule has 4 nitrogen and oxygen atoms in total. The van der Waals surface area contributed by atoms with E-state index in [1.165, 1.54) is 7.11 Å². The van der Waals surface area contributed by atoms with Crippen molar-refractivity contribution >= 4 is 11.9 Å². The molecular formula is C28H22O4. The summed E-state index contributed by atoms with van der Waals surface area (Å²) in [6.07, 6.45) is 2.34. The Bertz CT molecular complexity index is 1300. The molecule has 1 aliphatic carbocycles. The minimum absolute atomic E-state index is 0.378. The number of methoxy groups -OCH3 is 1. The van der Waals surface area contributed by atoms with E-state index in [2.05, 4.69) is 11.8 Å². The van der Waals surface area contributed by atoms with Gasteiger partial charge in [-0.1, -0.05) is 54.5 Å². The van der Waals surface area contributed by atoms with Crippen LogP contribution in [0.25, 0.3) is 11.1 Å². The Labute approximate surface area is 187 Å². The van der Waals surface area contributed by atoms with Crippen LogP contribution >= 0.6 is 0 Å². The monoisotopic (exact) mass is 422 g/mol. The molecule has 0 radical (unpaired) electrons. The molecule has 4 heteroatoms. The summed E-state index contributed by atoms with van der Waals surface area (Å²) in [7, 11) is 1.39. The van der Waals surface area contributed by atoms with Gasteiger partial charge in [-0.2, -0.15) is 0 Å². The zero-order valence-corrected chi connectivity index (χ0v) is 18.0. The molecule has 0 spiro atoms. The van der Waals surface area contributed by atoms with Crippen LogP contribution in [0.3, 0.4) is 0 Å². The predicted octanol–water partition coefficient (Wildman–Crippen LogP) is 5.07. The Morgan fingerprint density at radius 1 is 0.969 bits per heavy atom. The van der Waals surface area contributed by atoms with Crippen molar-refractivity contribution in [2.75, 3.05) is 7.11 Å². The lowest BCUT2D eigenvalue weighted by atomic mass is 9.79. The predicted molar refractivity (Wildman–Crippen MR) is 121 cm³/mol. The summed E-state index contributed by atoms with van der Waals surface area (Å²) in [5.74, 6) is 5.58. The molecule has 0 saturated heterocycles. The van der Waals surface area contributed by atoms with E-state index in [9.17, 15) is 9.59 Å². The number of esters is 2. The number of hydrogen-bond donors (Lipinski definition) is 0. The number of rotatable bonds is 2. The molecule has 5 rings (SSSR count). The maximum absolute atomic E-state index is 13.2. The summed E-state index contributed by atoms with van der Waals surface area (Å²) in [5.41, 5.74) is 4.71. The number of ether oxygens (including phenoxy) is 2. The Balaban J connectivity index is 1.86. The SMILES string of the molecule is COC(=O)c1c2c(c3c(c1-c1ccccc1)[C@@](C)(C#Cc1ccccc1)OC3=O)CCC2. The Hall–Kier alpha value is -3.84. The smallest absolute Gasteiger partial charge is 0.340 e. The Morgan fingerprint density at radius 2 is 1.62 bits per heavy atom. The highest BCUT2D eigenvalue weighted by atomic mass is 16.6. The average Bonchev–Trinajstić information content (AvgIpc) is 3.40. The first-order valence-corrected chi connectivity index (χ1v) is 10.7. The second-order valence-corrected chi connectivity index (χ2v) is 8.21. The minimum Gasteiger partial charge on any atom is -0.465 e. The molecule has 0 unspecified atom stereocenters. The molecular weight excluding hydrogens is 400 g/mol. The van der Waals surface area contributed by atoms with Gasteiger partial charge in [0.05, 0.1) is 18.2 Å². The molecule has 1 aliphatic heterocycles. The van der Waals surface area contributed by atoms with Gasteiger partial charge in [-0.15, -0.1) is 0 Å². The van der Waals surface area contributed by atoms with Gasteiger partial charge < -0.3 is 9.47 Å². The fourth-order valence-electron chi connectivity index (χ4n) is 4.86. The lowest BCUT2D eigenvalue weighted by Crippen LogP contribution is -2.22.